The normalized spacial score (nSPS) is 23.8. The maximum Gasteiger partial charge on any atom is 0.335 e. The molecule has 3 heterocycles. The number of fused-ring (bicyclic) bond motifs is 1. The molecule has 0 bridgehead atoms. The van der Waals surface area contributed by atoms with Crippen molar-refractivity contribution in [2.24, 2.45) is 5.73 Å². The van der Waals surface area contributed by atoms with Gasteiger partial charge in [-0.2, -0.15) is 0 Å². The lowest BCUT2D eigenvalue weighted by Gasteiger charge is -2.22. The molecule has 0 spiro atoms. The Morgan fingerprint density at radius 2 is 2.00 bits per heavy atom. The third-order valence-corrected chi connectivity index (χ3v) is 6.13. The number of ether oxygens (including phenoxy) is 1. The summed E-state index contributed by atoms with van der Waals surface area (Å²) >= 11 is 1.39. The number of thioether (sulfide) groups is 1. The van der Waals surface area contributed by atoms with Crippen LogP contribution in [0.5, 0.6) is 0 Å². The fourth-order valence-electron chi connectivity index (χ4n) is 3.38. The number of nitrogens with two attached hydrogens (primary N) is 2. The number of carboxylic acid groups (broad SMARTS) is 1. The fourth-order valence-corrected chi connectivity index (χ4v) is 4.25. The molecule has 1 unspecified atom stereocenters. The van der Waals surface area contributed by atoms with Crippen LogP contribution in [0, 0.1) is 0 Å². The zero-order chi connectivity index (χ0) is 22.8. The predicted molar refractivity (Wildman–Crippen MR) is 114 cm³/mol. The van der Waals surface area contributed by atoms with Crippen LogP contribution in [-0.2, 0) is 14.3 Å². The minimum Gasteiger partial charge on any atom is -0.479 e. The minimum absolute atomic E-state index is 0.128. The molecule has 0 aliphatic carbocycles. The van der Waals surface area contributed by atoms with Gasteiger partial charge in [0.15, 0.2) is 23.8 Å². The third kappa shape index (κ3) is 4.23. The number of rotatable bonds is 7. The standard InChI is InChI=1S/C19H21N7O5S/c20-10(6-32-9-4-2-1-3-5-9)17(28)25-11-13(27)18(31-14(11)19(29)30)26-8-24-12-15(21)22-7-23-16(12)26/h1-5,7-8,10-11,13-14,18,27H,6,20H2,(H,25,28)(H,29,30)(H2,21,22,23)/t10?,11-,13+,14-,18+/m0/s1. The largest absolute Gasteiger partial charge is 0.479 e. The summed E-state index contributed by atoms with van der Waals surface area (Å²) in [5.41, 5.74) is 12.3. The van der Waals surface area contributed by atoms with Gasteiger partial charge in [0.1, 0.15) is 17.9 Å². The van der Waals surface area contributed by atoms with E-state index >= 15 is 0 Å². The van der Waals surface area contributed by atoms with Crippen molar-refractivity contribution in [3.8, 4) is 0 Å². The number of aliphatic hydroxyl groups excluding tert-OH is 1. The van der Waals surface area contributed by atoms with Gasteiger partial charge in [-0.3, -0.25) is 9.36 Å². The van der Waals surface area contributed by atoms with Crippen molar-refractivity contribution in [3.05, 3.63) is 43.0 Å². The Kier molecular flexibility index (Phi) is 6.23. The van der Waals surface area contributed by atoms with Gasteiger partial charge < -0.3 is 31.7 Å². The number of imidazole rings is 1. The zero-order valence-electron chi connectivity index (χ0n) is 16.6. The highest BCUT2D eigenvalue weighted by molar-refractivity contribution is 7.99. The second-order valence-electron chi connectivity index (χ2n) is 7.12. The number of aliphatic hydroxyl groups is 1. The van der Waals surface area contributed by atoms with Crippen LogP contribution in [0.15, 0.2) is 47.9 Å². The Balaban J connectivity index is 1.49. The van der Waals surface area contributed by atoms with Gasteiger partial charge in [0.2, 0.25) is 5.91 Å². The number of carbonyl (C=O) groups excluding carboxylic acids is 1. The number of aliphatic carboxylic acids is 1. The summed E-state index contributed by atoms with van der Waals surface area (Å²) in [6.07, 6.45) is -1.56. The van der Waals surface area contributed by atoms with E-state index in [4.69, 9.17) is 16.2 Å². The van der Waals surface area contributed by atoms with Crippen LogP contribution in [0.2, 0.25) is 0 Å². The smallest absolute Gasteiger partial charge is 0.335 e. The topological polar surface area (TPSA) is 192 Å². The number of aromatic nitrogens is 4. The number of hydrogen-bond acceptors (Lipinski definition) is 10. The van der Waals surface area contributed by atoms with Crippen LogP contribution >= 0.6 is 11.8 Å². The average Bonchev–Trinajstić information content (AvgIpc) is 3.35. The number of nitrogen functional groups attached to an aromatic ring is 1. The molecule has 32 heavy (non-hydrogen) atoms. The first kappa shape index (κ1) is 22.0. The molecule has 2 aromatic heterocycles. The lowest BCUT2D eigenvalue weighted by atomic mass is 10.1. The number of hydrogen-bond donors (Lipinski definition) is 5. The van der Waals surface area contributed by atoms with Crippen molar-refractivity contribution >= 4 is 40.6 Å². The van der Waals surface area contributed by atoms with Gasteiger partial charge in [0, 0.05) is 10.6 Å². The average molecular weight is 459 g/mol. The van der Waals surface area contributed by atoms with Crippen molar-refractivity contribution in [1.82, 2.24) is 24.8 Å². The summed E-state index contributed by atoms with van der Waals surface area (Å²) in [7, 11) is 0. The van der Waals surface area contributed by atoms with E-state index in [1.54, 1.807) is 0 Å². The molecule has 0 saturated carbocycles. The molecule has 4 rings (SSSR count). The van der Waals surface area contributed by atoms with E-state index in [1.165, 1.54) is 29.0 Å². The van der Waals surface area contributed by atoms with Gasteiger partial charge in [-0.05, 0) is 12.1 Å². The fraction of sp³-hybridized carbons (Fsp3) is 0.316. The summed E-state index contributed by atoms with van der Waals surface area (Å²) in [5, 5.41) is 22.9. The van der Waals surface area contributed by atoms with Crippen molar-refractivity contribution in [1.29, 1.82) is 0 Å². The van der Waals surface area contributed by atoms with Gasteiger partial charge in [0.05, 0.1) is 18.4 Å². The molecule has 3 aromatic rings. The molecule has 1 aliphatic rings. The third-order valence-electron chi connectivity index (χ3n) is 5.00. The van der Waals surface area contributed by atoms with E-state index in [9.17, 15) is 19.8 Å². The highest BCUT2D eigenvalue weighted by Crippen LogP contribution is 2.32. The Bertz CT molecular complexity index is 1130. The van der Waals surface area contributed by atoms with Gasteiger partial charge >= 0.3 is 5.97 Å². The van der Waals surface area contributed by atoms with Crippen LogP contribution in [0.3, 0.4) is 0 Å². The van der Waals surface area contributed by atoms with E-state index in [2.05, 4.69) is 20.3 Å². The van der Waals surface area contributed by atoms with Crippen molar-refractivity contribution < 1.29 is 24.5 Å². The second-order valence-corrected chi connectivity index (χ2v) is 8.22. The van der Waals surface area contributed by atoms with Crippen LogP contribution in [-0.4, -0.2) is 71.7 Å². The molecule has 1 amide bonds. The predicted octanol–water partition coefficient (Wildman–Crippen LogP) is -0.644. The highest BCUT2D eigenvalue weighted by atomic mass is 32.2. The van der Waals surface area contributed by atoms with Crippen LogP contribution < -0.4 is 16.8 Å². The van der Waals surface area contributed by atoms with Crippen molar-refractivity contribution in [2.45, 2.75) is 35.4 Å². The number of amides is 1. The summed E-state index contributed by atoms with van der Waals surface area (Å²) in [4.78, 5) is 37.3. The van der Waals surface area contributed by atoms with Gasteiger partial charge in [-0.1, -0.05) is 18.2 Å². The lowest BCUT2D eigenvalue weighted by Crippen LogP contribution is -2.54. The lowest BCUT2D eigenvalue weighted by molar-refractivity contribution is -0.152. The molecule has 168 valence electrons. The van der Waals surface area contributed by atoms with Crippen molar-refractivity contribution in [3.63, 3.8) is 0 Å². The molecule has 1 fully saturated rings. The Morgan fingerprint density at radius 3 is 2.72 bits per heavy atom. The number of nitrogens with zero attached hydrogens (tertiary/aromatic N) is 4. The zero-order valence-corrected chi connectivity index (χ0v) is 17.4. The van der Waals surface area contributed by atoms with E-state index in [0.29, 0.717) is 0 Å². The Hall–Kier alpha value is -3.26. The summed E-state index contributed by atoms with van der Waals surface area (Å²) in [5.74, 6) is -1.55. The summed E-state index contributed by atoms with van der Waals surface area (Å²) in [6.45, 7) is 0. The maximum absolute atomic E-state index is 12.6. The first-order valence-corrected chi connectivity index (χ1v) is 10.6. The Labute approximate surface area is 186 Å². The van der Waals surface area contributed by atoms with E-state index < -0.39 is 42.4 Å². The second kappa shape index (κ2) is 9.08. The number of benzene rings is 1. The van der Waals surface area contributed by atoms with Crippen LogP contribution in [0.4, 0.5) is 5.82 Å². The van der Waals surface area contributed by atoms with Crippen LogP contribution in [0.25, 0.3) is 11.2 Å². The molecule has 12 nitrogen and oxygen atoms in total. The van der Waals surface area contributed by atoms with E-state index in [1.807, 2.05) is 30.3 Å². The first-order valence-electron chi connectivity index (χ1n) is 9.60. The Morgan fingerprint density at radius 1 is 1.25 bits per heavy atom. The van der Waals surface area contributed by atoms with Crippen LogP contribution in [0.1, 0.15) is 6.23 Å². The minimum atomic E-state index is -1.51. The molecular formula is C19H21N7O5S. The molecule has 13 heteroatoms. The SMILES string of the molecule is Nc1ncnc2c1ncn2[C@@H]1O[C@H](C(=O)O)[C@@H](NC(=O)C(N)CSc2ccccc2)[C@H]1O. The molecular weight excluding hydrogens is 438 g/mol. The molecule has 1 saturated heterocycles. The van der Waals surface area contributed by atoms with Gasteiger partial charge in [-0.15, -0.1) is 11.8 Å². The van der Waals surface area contributed by atoms with E-state index in [0.717, 1.165) is 4.90 Å². The number of carboxylic acids is 1. The number of carbonyl (C=O) groups is 2. The molecule has 1 aromatic carbocycles. The summed E-state index contributed by atoms with van der Waals surface area (Å²) in [6, 6.07) is 7.23. The molecule has 0 radical (unpaired) electrons. The monoisotopic (exact) mass is 459 g/mol. The molecule has 1 aliphatic heterocycles. The molecule has 5 atom stereocenters. The first-order chi connectivity index (χ1) is 15.4. The quantitative estimate of drug-likeness (QED) is 0.282. The van der Waals surface area contributed by atoms with Crippen molar-refractivity contribution in [2.75, 3.05) is 11.5 Å². The number of nitrogens with one attached hydrogen (secondary N) is 1. The number of anilines is 1. The molecule has 7 N–H and O–H groups in total. The maximum atomic E-state index is 12.6. The van der Waals surface area contributed by atoms with E-state index in [-0.39, 0.29) is 22.7 Å². The summed E-state index contributed by atoms with van der Waals surface area (Å²) < 4.78 is 6.91. The highest BCUT2D eigenvalue weighted by Gasteiger charge is 2.49. The van der Waals surface area contributed by atoms with Gasteiger partial charge in [0.25, 0.3) is 0 Å². The van der Waals surface area contributed by atoms with Gasteiger partial charge in [-0.25, -0.2) is 19.7 Å².